The van der Waals surface area contributed by atoms with Crippen LogP contribution >= 0.6 is 11.6 Å². The Morgan fingerprint density at radius 1 is 1.15 bits per heavy atom. The molecule has 0 bridgehead atoms. The Morgan fingerprint density at radius 2 is 1.98 bits per heavy atom. The Bertz CT molecular complexity index is 1730. The van der Waals surface area contributed by atoms with Gasteiger partial charge < -0.3 is 20.2 Å². The molecule has 41 heavy (non-hydrogen) atoms. The van der Waals surface area contributed by atoms with Crippen molar-refractivity contribution in [3.8, 4) is 11.7 Å². The number of halogens is 1. The molecule has 2 amide bonds. The Labute approximate surface area is 239 Å². The Balaban J connectivity index is 1.38. The smallest absolute Gasteiger partial charge is 0.274 e. The number of rotatable bonds is 10. The first-order valence-corrected chi connectivity index (χ1v) is 12.8. The number of nitrogens with one attached hydrogen (secondary N) is 3. The third kappa shape index (κ3) is 6.02. The van der Waals surface area contributed by atoms with E-state index in [4.69, 9.17) is 21.2 Å². The molecule has 5 rings (SSSR count). The van der Waals surface area contributed by atoms with Crippen LogP contribution in [-0.2, 0) is 11.4 Å². The summed E-state index contributed by atoms with van der Waals surface area (Å²) in [6.07, 6.45) is 4.58. The molecule has 0 radical (unpaired) electrons. The van der Waals surface area contributed by atoms with Crippen molar-refractivity contribution in [1.82, 2.24) is 30.3 Å². The number of carbonyl (C=O) groups is 2. The number of ether oxygens (including phenoxy) is 1. The van der Waals surface area contributed by atoms with Gasteiger partial charge in [-0.25, -0.2) is 9.67 Å². The highest BCUT2D eigenvalue weighted by Crippen LogP contribution is 2.30. The lowest BCUT2D eigenvalue weighted by Gasteiger charge is -2.15. The first-order chi connectivity index (χ1) is 20.0. The van der Waals surface area contributed by atoms with Crippen molar-refractivity contribution in [3.05, 3.63) is 94.4 Å². The second-order valence-electron chi connectivity index (χ2n) is 8.78. The fourth-order valence-corrected chi connectivity index (χ4v) is 4.32. The third-order valence-electron chi connectivity index (χ3n) is 6.05. The summed E-state index contributed by atoms with van der Waals surface area (Å²) in [5.74, 6) is -0.583. The SMILES string of the molecule is COc1cc(C(=O)Nc2c(C)cc3cn[nH]c3c2C(=O)NC/C=N/OCc2ccccc2)n(-c2ncccc2Cl)n1. The molecule has 2 aromatic carbocycles. The van der Waals surface area contributed by atoms with Crippen LogP contribution in [0.4, 0.5) is 5.69 Å². The molecule has 0 saturated heterocycles. The van der Waals surface area contributed by atoms with Crippen LogP contribution in [0.5, 0.6) is 5.88 Å². The van der Waals surface area contributed by atoms with Gasteiger partial charge in [-0.1, -0.05) is 47.1 Å². The van der Waals surface area contributed by atoms with E-state index < -0.39 is 11.8 Å². The van der Waals surface area contributed by atoms with Crippen molar-refractivity contribution < 1.29 is 19.2 Å². The predicted molar refractivity (Wildman–Crippen MR) is 154 cm³/mol. The van der Waals surface area contributed by atoms with Crippen LogP contribution in [-0.4, -0.2) is 56.6 Å². The molecule has 0 unspecified atom stereocenters. The highest BCUT2D eigenvalue weighted by atomic mass is 35.5. The highest BCUT2D eigenvalue weighted by Gasteiger charge is 2.24. The zero-order valence-electron chi connectivity index (χ0n) is 22.1. The van der Waals surface area contributed by atoms with Gasteiger partial charge in [0.15, 0.2) is 5.82 Å². The lowest BCUT2D eigenvalue weighted by molar-refractivity contribution is 0.0960. The first kappa shape index (κ1) is 27.3. The zero-order chi connectivity index (χ0) is 28.8. The number of anilines is 1. The molecule has 13 heteroatoms. The summed E-state index contributed by atoms with van der Waals surface area (Å²) in [7, 11) is 1.43. The molecule has 5 aromatic rings. The molecule has 3 N–H and O–H groups in total. The van der Waals surface area contributed by atoms with Gasteiger partial charge in [-0.15, -0.1) is 5.10 Å². The number of carbonyl (C=O) groups excluding carboxylic acids is 2. The van der Waals surface area contributed by atoms with Crippen LogP contribution in [0.15, 0.2) is 72.1 Å². The maximum Gasteiger partial charge on any atom is 0.274 e. The van der Waals surface area contributed by atoms with E-state index in [1.807, 2.05) is 36.4 Å². The standard InChI is InChI=1S/C28H25ClN8O4/c1-17-13-19-15-32-35-25(19)23(28(39)31-11-12-33-41-16-18-7-4-3-5-8-18)24(17)34-27(38)21-14-22(40-2)36-37(21)26-20(29)9-6-10-30-26/h3-10,12-15H,11,16H2,1-2H3,(H,31,39)(H,32,35)(H,34,38)/b33-12+. The average Bonchev–Trinajstić information content (AvgIpc) is 3.63. The molecule has 0 saturated carbocycles. The highest BCUT2D eigenvalue weighted by molar-refractivity contribution is 6.32. The van der Waals surface area contributed by atoms with Crippen LogP contribution in [0, 0.1) is 6.92 Å². The number of H-pyrrole nitrogens is 1. The summed E-state index contributed by atoms with van der Waals surface area (Å²) in [5.41, 5.74) is 2.67. The molecule has 12 nitrogen and oxygen atoms in total. The van der Waals surface area contributed by atoms with E-state index in [1.54, 1.807) is 25.3 Å². The van der Waals surface area contributed by atoms with Crippen molar-refractivity contribution in [1.29, 1.82) is 0 Å². The molecule has 0 spiro atoms. The van der Waals surface area contributed by atoms with Gasteiger partial charge in [0.25, 0.3) is 11.8 Å². The van der Waals surface area contributed by atoms with Crippen molar-refractivity contribution in [3.63, 3.8) is 0 Å². The monoisotopic (exact) mass is 572 g/mol. The maximum absolute atomic E-state index is 13.6. The lowest BCUT2D eigenvalue weighted by atomic mass is 10.0. The normalized spacial score (nSPS) is 11.1. The molecular formula is C28H25ClN8O4. The Morgan fingerprint density at radius 3 is 2.76 bits per heavy atom. The molecule has 0 aliphatic heterocycles. The average molecular weight is 573 g/mol. The van der Waals surface area contributed by atoms with Crippen LogP contribution in [0.25, 0.3) is 16.7 Å². The quantitative estimate of drug-likeness (QED) is 0.167. The topological polar surface area (TPSA) is 148 Å². The minimum Gasteiger partial charge on any atom is -0.480 e. The number of hydrogen-bond donors (Lipinski definition) is 3. The van der Waals surface area contributed by atoms with E-state index in [0.717, 1.165) is 5.56 Å². The van der Waals surface area contributed by atoms with Crippen molar-refractivity contribution in [2.45, 2.75) is 13.5 Å². The number of hydrogen-bond acceptors (Lipinski definition) is 8. The summed E-state index contributed by atoms with van der Waals surface area (Å²) in [6.45, 7) is 2.18. The number of oxime groups is 1. The number of aromatic nitrogens is 5. The predicted octanol–water partition coefficient (Wildman–Crippen LogP) is 4.30. The molecule has 0 aliphatic carbocycles. The van der Waals surface area contributed by atoms with Gasteiger partial charge in [-0.2, -0.15) is 5.10 Å². The molecule has 0 aliphatic rings. The molecular weight excluding hydrogens is 548 g/mol. The summed E-state index contributed by atoms with van der Waals surface area (Å²) < 4.78 is 6.53. The lowest BCUT2D eigenvalue weighted by Crippen LogP contribution is -2.28. The fourth-order valence-electron chi connectivity index (χ4n) is 4.12. The molecule has 0 fully saturated rings. The van der Waals surface area contributed by atoms with Crippen molar-refractivity contribution >= 4 is 46.2 Å². The van der Waals surface area contributed by atoms with Crippen LogP contribution in [0.1, 0.15) is 32.0 Å². The van der Waals surface area contributed by atoms with E-state index in [0.29, 0.717) is 28.8 Å². The number of benzene rings is 2. The number of aromatic amines is 1. The number of nitrogens with zero attached hydrogens (tertiary/aromatic N) is 5. The Kier molecular flexibility index (Phi) is 8.20. The number of methoxy groups -OCH3 is 1. The number of amides is 2. The largest absolute Gasteiger partial charge is 0.480 e. The molecule has 3 aromatic heterocycles. The van der Waals surface area contributed by atoms with Gasteiger partial charge >= 0.3 is 0 Å². The third-order valence-corrected chi connectivity index (χ3v) is 6.34. The van der Waals surface area contributed by atoms with E-state index in [2.05, 4.69) is 36.1 Å². The summed E-state index contributed by atoms with van der Waals surface area (Å²) in [4.78, 5) is 36.6. The van der Waals surface area contributed by atoms with Gasteiger partial charge in [-0.05, 0) is 36.2 Å². The summed E-state index contributed by atoms with van der Waals surface area (Å²) >= 11 is 6.32. The minimum absolute atomic E-state index is 0.0900. The second kappa shape index (κ2) is 12.3. The first-order valence-electron chi connectivity index (χ1n) is 12.4. The number of pyridine rings is 1. The van der Waals surface area contributed by atoms with Gasteiger partial charge in [0.2, 0.25) is 5.88 Å². The fraction of sp³-hybridized carbons (Fsp3) is 0.143. The molecule has 208 valence electrons. The zero-order valence-corrected chi connectivity index (χ0v) is 22.8. The van der Waals surface area contributed by atoms with Gasteiger partial charge in [0.05, 0.1) is 47.9 Å². The van der Waals surface area contributed by atoms with Crippen LogP contribution < -0.4 is 15.4 Å². The van der Waals surface area contributed by atoms with E-state index >= 15 is 0 Å². The van der Waals surface area contributed by atoms with Crippen molar-refractivity contribution in [2.75, 3.05) is 19.0 Å². The van der Waals surface area contributed by atoms with E-state index in [9.17, 15) is 9.59 Å². The molecule has 0 atom stereocenters. The number of aryl methyl sites for hydroxylation is 1. The summed E-state index contributed by atoms with van der Waals surface area (Å²) in [5, 5.41) is 21.8. The maximum atomic E-state index is 13.6. The van der Waals surface area contributed by atoms with Crippen LogP contribution in [0.3, 0.4) is 0 Å². The van der Waals surface area contributed by atoms with Gasteiger partial charge in [0.1, 0.15) is 12.3 Å². The van der Waals surface area contributed by atoms with Gasteiger partial charge in [0, 0.05) is 17.6 Å². The Hall–Kier alpha value is -5.23. The van der Waals surface area contributed by atoms with E-state index in [1.165, 1.54) is 30.3 Å². The minimum atomic E-state index is -0.561. The van der Waals surface area contributed by atoms with Crippen molar-refractivity contribution in [2.24, 2.45) is 5.16 Å². The summed E-state index contributed by atoms with van der Waals surface area (Å²) in [6, 6.07) is 16.2. The van der Waals surface area contributed by atoms with Gasteiger partial charge in [-0.3, -0.25) is 14.7 Å². The second-order valence-corrected chi connectivity index (χ2v) is 9.19. The van der Waals surface area contributed by atoms with E-state index in [-0.39, 0.29) is 34.5 Å². The molecule has 3 heterocycles. The van der Waals surface area contributed by atoms with Crippen LogP contribution in [0.2, 0.25) is 5.02 Å². The number of fused-ring (bicyclic) bond motifs is 1.